The quantitative estimate of drug-likeness (QED) is 0.204. The predicted molar refractivity (Wildman–Crippen MR) is 112 cm³/mol. The van der Waals surface area contributed by atoms with Gasteiger partial charge in [-0.3, -0.25) is 0 Å². The van der Waals surface area contributed by atoms with Gasteiger partial charge in [0.25, 0.3) is 0 Å². The SMILES string of the molecule is CCC[CH2][Sn]([CH2]C)([CH2]C(C)C)[O][Sn]([CH2]C)([CH2]CCC)[CH2]C(C)C. The van der Waals surface area contributed by atoms with Crippen LogP contribution in [-0.2, 0) is 1.41 Å². The third kappa shape index (κ3) is 9.72. The second kappa shape index (κ2) is 12.8. The van der Waals surface area contributed by atoms with Crippen molar-refractivity contribution in [3.63, 3.8) is 0 Å². The molecule has 2 unspecified atom stereocenters. The van der Waals surface area contributed by atoms with Crippen molar-refractivity contribution in [2.75, 3.05) is 0 Å². The summed E-state index contributed by atoms with van der Waals surface area (Å²) in [6, 6.07) is 0. The van der Waals surface area contributed by atoms with Crippen LogP contribution < -0.4 is 0 Å². The van der Waals surface area contributed by atoms with E-state index >= 15 is 0 Å². The summed E-state index contributed by atoms with van der Waals surface area (Å²) in [6.07, 6.45) is 5.51. The van der Waals surface area contributed by atoms with E-state index in [2.05, 4.69) is 55.4 Å². The Morgan fingerprint density at radius 2 is 1.00 bits per heavy atom. The molecule has 2 atom stereocenters. The Morgan fingerprint density at radius 1 is 0.652 bits per heavy atom. The number of hydrogen-bond acceptors (Lipinski definition) is 1. The normalized spacial score (nSPS) is 17.5. The first-order valence-electron chi connectivity index (χ1n) is 10.5. The van der Waals surface area contributed by atoms with Crippen molar-refractivity contribution >= 4 is 37.6 Å². The molecule has 0 saturated carbocycles. The average Bonchev–Trinajstić information content (AvgIpc) is 2.49. The molecule has 0 saturated heterocycles. The Hall–Kier alpha value is 1.56. The van der Waals surface area contributed by atoms with Crippen molar-refractivity contribution in [3.8, 4) is 0 Å². The minimum absolute atomic E-state index is 0.827. The van der Waals surface area contributed by atoms with Crippen LogP contribution in [0.15, 0.2) is 0 Å². The van der Waals surface area contributed by atoms with E-state index in [1.807, 2.05) is 0 Å². The monoisotopic (exact) mass is 542 g/mol. The van der Waals surface area contributed by atoms with Crippen molar-refractivity contribution in [1.29, 1.82) is 0 Å². The molecule has 140 valence electrons. The van der Waals surface area contributed by atoms with Crippen molar-refractivity contribution in [2.24, 2.45) is 11.8 Å². The van der Waals surface area contributed by atoms with Crippen LogP contribution in [0.1, 0.15) is 81.1 Å². The van der Waals surface area contributed by atoms with E-state index in [-0.39, 0.29) is 0 Å². The Morgan fingerprint density at radius 3 is 1.22 bits per heavy atom. The summed E-state index contributed by atoms with van der Waals surface area (Å²) in [6.45, 7) is 19.3. The molecule has 0 aliphatic heterocycles. The third-order valence-electron chi connectivity index (χ3n) is 5.25. The van der Waals surface area contributed by atoms with E-state index in [1.165, 1.54) is 52.3 Å². The van der Waals surface area contributed by atoms with Gasteiger partial charge in [0.2, 0.25) is 0 Å². The van der Waals surface area contributed by atoms with Crippen LogP contribution in [0.25, 0.3) is 0 Å². The van der Waals surface area contributed by atoms with Gasteiger partial charge < -0.3 is 0 Å². The first kappa shape index (κ1) is 24.6. The third-order valence-corrected chi connectivity index (χ3v) is 47.8. The van der Waals surface area contributed by atoms with Gasteiger partial charge in [-0.25, -0.2) is 0 Å². The Balaban J connectivity index is 5.42. The molecule has 0 aromatic rings. The van der Waals surface area contributed by atoms with Crippen LogP contribution in [0.5, 0.6) is 0 Å². The fourth-order valence-electron chi connectivity index (χ4n) is 4.12. The molecular weight excluding hydrogens is 494 g/mol. The Kier molecular flexibility index (Phi) is 13.7. The molecule has 0 N–H and O–H groups in total. The molecular formula is C20H46OSn2. The summed E-state index contributed by atoms with van der Waals surface area (Å²) in [5.41, 5.74) is 0. The number of rotatable bonds is 14. The minimum atomic E-state index is -2.41. The summed E-state index contributed by atoms with van der Waals surface area (Å²) < 4.78 is 16.3. The molecule has 0 aromatic carbocycles. The van der Waals surface area contributed by atoms with Crippen molar-refractivity contribution < 1.29 is 1.41 Å². The maximum absolute atomic E-state index is 7.57. The van der Waals surface area contributed by atoms with Crippen LogP contribution in [0, 0.1) is 11.8 Å². The summed E-state index contributed by atoms with van der Waals surface area (Å²) in [4.78, 5) is 0. The van der Waals surface area contributed by atoms with Crippen LogP contribution >= 0.6 is 0 Å². The fraction of sp³-hybridized carbons (Fsp3) is 1.00. The molecule has 0 heterocycles. The Bertz CT molecular complexity index is 265. The topological polar surface area (TPSA) is 9.23 Å². The summed E-state index contributed by atoms with van der Waals surface area (Å²) in [5, 5.41) is 0. The van der Waals surface area contributed by atoms with E-state index < -0.39 is 37.6 Å². The summed E-state index contributed by atoms with van der Waals surface area (Å²) in [5.74, 6) is 1.65. The molecule has 0 radical (unpaired) electrons. The molecule has 0 aliphatic carbocycles. The molecule has 23 heavy (non-hydrogen) atoms. The van der Waals surface area contributed by atoms with Crippen molar-refractivity contribution in [2.45, 2.75) is 108 Å². The van der Waals surface area contributed by atoms with Crippen molar-refractivity contribution in [3.05, 3.63) is 0 Å². The second-order valence-electron chi connectivity index (χ2n) is 8.58. The molecule has 0 spiro atoms. The van der Waals surface area contributed by atoms with E-state index in [0.29, 0.717) is 0 Å². The zero-order chi connectivity index (χ0) is 17.9. The predicted octanol–water partition coefficient (Wildman–Crippen LogP) is 7.85. The number of unbranched alkanes of at least 4 members (excludes halogenated alkanes) is 2. The van der Waals surface area contributed by atoms with E-state index in [4.69, 9.17) is 1.41 Å². The van der Waals surface area contributed by atoms with E-state index in [1.54, 1.807) is 0 Å². The second-order valence-corrected chi connectivity index (χ2v) is 35.8. The van der Waals surface area contributed by atoms with Gasteiger partial charge in [-0.15, -0.1) is 0 Å². The first-order valence-corrected chi connectivity index (χ1v) is 24.9. The van der Waals surface area contributed by atoms with Crippen molar-refractivity contribution in [1.82, 2.24) is 0 Å². The van der Waals surface area contributed by atoms with Crippen LogP contribution in [-0.4, -0.2) is 37.6 Å². The Labute approximate surface area is 157 Å². The van der Waals surface area contributed by atoms with E-state index in [9.17, 15) is 0 Å². The van der Waals surface area contributed by atoms with Gasteiger partial charge in [-0.05, 0) is 0 Å². The first-order chi connectivity index (χ1) is 10.8. The summed E-state index contributed by atoms with van der Waals surface area (Å²) in [7, 11) is 0. The molecule has 1 nitrogen and oxygen atoms in total. The van der Waals surface area contributed by atoms with Gasteiger partial charge in [0.15, 0.2) is 0 Å². The zero-order valence-corrected chi connectivity index (χ0v) is 23.3. The summed E-state index contributed by atoms with van der Waals surface area (Å²) >= 11 is -4.82. The molecule has 0 rings (SSSR count). The van der Waals surface area contributed by atoms with Crippen LogP contribution in [0.4, 0.5) is 0 Å². The van der Waals surface area contributed by atoms with Gasteiger partial charge in [0.1, 0.15) is 0 Å². The van der Waals surface area contributed by atoms with E-state index in [0.717, 1.165) is 11.8 Å². The van der Waals surface area contributed by atoms with Gasteiger partial charge in [-0.2, -0.15) is 0 Å². The molecule has 3 heteroatoms. The van der Waals surface area contributed by atoms with Gasteiger partial charge in [0.05, 0.1) is 0 Å². The maximum atomic E-state index is 7.57. The fourth-order valence-corrected chi connectivity index (χ4v) is 57.9. The van der Waals surface area contributed by atoms with Crippen LogP contribution in [0.2, 0.25) is 26.6 Å². The van der Waals surface area contributed by atoms with Crippen LogP contribution in [0.3, 0.4) is 0 Å². The molecule has 0 bridgehead atoms. The standard InChI is InChI=1S/4C4H9.2C2H5.O.2Sn/c2*1-4(2)3;2*1-3-4-2;2*1-2;;;/h2*4H,1H2,2-3H3;2*1,3-4H2,2H3;2*1H2,2H3;;;. The zero-order valence-electron chi connectivity index (χ0n) is 17.6. The molecule has 0 fully saturated rings. The van der Waals surface area contributed by atoms with Gasteiger partial charge >= 0.3 is 159 Å². The molecule has 0 amide bonds. The number of hydrogen-bond donors (Lipinski definition) is 0. The average molecular weight is 540 g/mol. The molecule has 0 aliphatic rings. The molecule has 0 aromatic heterocycles. The van der Waals surface area contributed by atoms with Gasteiger partial charge in [-0.1, -0.05) is 0 Å². The van der Waals surface area contributed by atoms with Gasteiger partial charge in [0, 0.05) is 0 Å².